The number of carbonyl (C=O) groups excluding carboxylic acids is 2. The van der Waals surface area contributed by atoms with Crippen LogP contribution < -0.4 is 14.8 Å². The van der Waals surface area contributed by atoms with E-state index in [0.29, 0.717) is 36.7 Å². The third-order valence-corrected chi connectivity index (χ3v) is 6.63. The fourth-order valence-corrected chi connectivity index (χ4v) is 4.76. The van der Waals surface area contributed by atoms with Gasteiger partial charge in [-0.3, -0.25) is 4.79 Å². The third-order valence-electron chi connectivity index (χ3n) is 6.07. The van der Waals surface area contributed by atoms with E-state index >= 15 is 0 Å². The van der Waals surface area contributed by atoms with Crippen LogP contribution >= 0.6 is 23.2 Å². The van der Waals surface area contributed by atoms with E-state index in [0.717, 1.165) is 24.2 Å². The Morgan fingerprint density at radius 3 is 2.24 bits per heavy atom. The molecule has 37 heavy (non-hydrogen) atoms. The number of piperidine rings is 1. The Hall–Kier alpha value is -2.64. The van der Waals surface area contributed by atoms with Crippen LogP contribution in [0, 0.1) is 5.92 Å². The summed E-state index contributed by atoms with van der Waals surface area (Å²) < 4.78 is 16.9. The minimum Gasteiger partial charge on any atom is -0.496 e. The molecule has 2 amide bonds. The van der Waals surface area contributed by atoms with E-state index in [4.69, 9.17) is 37.4 Å². The van der Waals surface area contributed by atoms with E-state index in [-0.39, 0.29) is 33.9 Å². The number of hydrogen-bond acceptors (Lipinski definition) is 5. The van der Waals surface area contributed by atoms with Gasteiger partial charge in [0, 0.05) is 30.8 Å². The number of hydrogen-bond donors (Lipinski definition) is 1. The summed E-state index contributed by atoms with van der Waals surface area (Å²) in [4.78, 5) is 26.6. The molecule has 0 bridgehead atoms. The summed E-state index contributed by atoms with van der Waals surface area (Å²) in [5.41, 5.74) is 0.979. The zero-order chi connectivity index (χ0) is 27.3. The summed E-state index contributed by atoms with van der Waals surface area (Å²) in [6.45, 7) is 10.8. The smallest absolute Gasteiger partial charge is 0.410 e. The quantitative estimate of drug-likeness (QED) is 0.379. The van der Waals surface area contributed by atoms with E-state index in [2.05, 4.69) is 19.2 Å². The molecule has 2 aromatic rings. The monoisotopic (exact) mass is 550 g/mol. The molecule has 1 saturated heterocycles. The number of benzene rings is 2. The summed E-state index contributed by atoms with van der Waals surface area (Å²) >= 11 is 13.0. The number of anilines is 1. The van der Waals surface area contributed by atoms with Crippen molar-refractivity contribution in [2.75, 3.05) is 25.5 Å². The number of halogens is 2. The Labute approximate surface area is 229 Å². The topological polar surface area (TPSA) is 77.1 Å². The van der Waals surface area contributed by atoms with Crippen LogP contribution in [-0.2, 0) is 9.53 Å². The minimum atomic E-state index is -0.525. The molecule has 1 heterocycles. The number of nitrogens with zero attached hydrogens (tertiary/aromatic N) is 1. The molecule has 2 aromatic carbocycles. The number of rotatable bonds is 7. The van der Waals surface area contributed by atoms with Crippen LogP contribution in [-0.4, -0.2) is 42.7 Å². The van der Waals surface area contributed by atoms with Crippen molar-refractivity contribution >= 4 is 40.9 Å². The lowest BCUT2D eigenvalue weighted by atomic mass is 9.93. The molecule has 0 saturated carbocycles. The standard InChI is InChI=1S/C28H36Cl2N2O5/c1-17(2)21-16-20(7-8-24(21)35-6)36-26-22(29)14-19(15-23(26)30)31-25(33)13-18-9-11-32(12-10-18)27(34)37-28(3,4)5/h7-8,14-18H,9-13H2,1-6H3,(H,31,33). The summed E-state index contributed by atoms with van der Waals surface area (Å²) in [6.07, 6.45) is 1.51. The first kappa shape index (κ1) is 28.9. The first-order chi connectivity index (χ1) is 17.4. The van der Waals surface area contributed by atoms with Gasteiger partial charge in [0.2, 0.25) is 5.91 Å². The fraction of sp³-hybridized carbons (Fsp3) is 0.500. The van der Waals surface area contributed by atoms with Gasteiger partial charge in [0.05, 0.1) is 17.2 Å². The predicted octanol–water partition coefficient (Wildman–Crippen LogP) is 7.89. The lowest BCUT2D eigenvalue weighted by molar-refractivity contribution is -0.117. The molecule has 1 N–H and O–H groups in total. The predicted molar refractivity (Wildman–Crippen MR) is 147 cm³/mol. The van der Waals surface area contributed by atoms with Crippen molar-refractivity contribution in [3.63, 3.8) is 0 Å². The average Bonchev–Trinajstić information content (AvgIpc) is 2.80. The lowest BCUT2D eigenvalue weighted by Crippen LogP contribution is -2.42. The van der Waals surface area contributed by atoms with Gasteiger partial charge in [-0.05, 0) is 75.8 Å². The maximum absolute atomic E-state index is 12.7. The van der Waals surface area contributed by atoms with Gasteiger partial charge in [0.15, 0.2) is 5.75 Å². The SMILES string of the molecule is COc1ccc(Oc2c(Cl)cc(NC(=O)CC3CCN(C(=O)OC(C)(C)C)CC3)cc2Cl)cc1C(C)C. The summed E-state index contributed by atoms with van der Waals surface area (Å²) in [6, 6.07) is 8.79. The van der Waals surface area contributed by atoms with Crippen LogP contribution in [0.4, 0.5) is 10.5 Å². The maximum atomic E-state index is 12.7. The molecule has 7 nitrogen and oxygen atoms in total. The minimum absolute atomic E-state index is 0.131. The van der Waals surface area contributed by atoms with Crippen molar-refractivity contribution in [1.82, 2.24) is 4.90 Å². The molecule has 1 fully saturated rings. The van der Waals surface area contributed by atoms with Gasteiger partial charge >= 0.3 is 6.09 Å². The number of amides is 2. The van der Waals surface area contributed by atoms with Crippen LogP contribution in [0.25, 0.3) is 0 Å². The highest BCUT2D eigenvalue weighted by molar-refractivity contribution is 6.37. The van der Waals surface area contributed by atoms with Gasteiger partial charge in [0.25, 0.3) is 0 Å². The van der Waals surface area contributed by atoms with Gasteiger partial charge in [-0.25, -0.2) is 4.79 Å². The van der Waals surface area contributed by atoms with Crippen molar-refractivity contribution in [2.45, 2.75) is 65.4 Å². The second kappa shape index (κ2) is 12.3. The summed E-state index contributed by atoms with van der Waals surface area (Å²) in [7, 11) is 1.63. The van der Waals surface area contributed by atoms with E-state index in [1.807, 2.05) is 32.9 Å². The largest absolute Gasteiger partial charge is 0.496 e. The Balaban J connectivity index is 1.58. The van der Waals surface area contributed by atoms with E-state index < -0.39 is 5.60 Å². The molecule has 0 atom stereocenters. The molecular formula is C28H36Cl2N2O5. The molecule has 0 aliphatic carbocycles. The molecule has 1 aliphatic heterocycles. The number of nitrogens with one attached hydrogen (secondary N) is 1. The Morgan fingerprint density at radius 2 is 1.70 bits per heavy atom. The van der Waals surface area contributed by atoms with Gasteiger partial charge < -0.3 is 24.4 Å². The van der Waals surface area contributed by atoms with Gasteiger partial charge in [-0.1, -0.05) is 37.0 Å². The van der Waals surface area contributed by atoms with Crippen molar-refractivity contribution in [3.05, 3.63) is 45.9 Å². The molecule has 202 valence electrons. The molecule has 0 spiro atoms. The molecule has 0 aromatic heterocycles. The molecule has 0 unspecified atom stereocenters. The van der Waals surface area contributed by atoms with Crippen LogP contribution in [0.15, 0.2) is 30.3 Å². The normalized spacial score (nSPS) is 14.5. The van der Waals surface area contributed by atoms with Crippen LogP contribution in [0.5, 0.6) is 17.2 Å². The lowest BCUT2D eigenvalue weighted by Gasteiger charge is -2.33. The van der Waals surface area contributed by atoms with Crippen molar-refractivity contribution in [1.29, 1.82) is 0 Å². The molecule has 0 radical (unpaired) electrons. The van der Waals surface area contributed by atoms with E-state index in [9.17, 15) is 9.59 Å². The van der Waals surface area contributed by atoms with Gasteiger partial charge in [-0.15, -0.1) is 0 Å². The fourth-order valence-electron chi connectivity index (χ4n) is 4.19. The molecule has 1 aliphatic rings. The first-order valence-corrected chi connectivity index (χ1v) is 13.2. The molecule has 9 heteroatoms. The molecule has 3 rings (SSSR count). The van der Waals surface area contributed by atoms with Crippen LogP contribution in [0.1, 0.15) is 65.4 Å². The van der Waals surface area contributed by atoms with Crippen molar-refractivity contribution in [3.8, 4) is 17.2 Å². The Bertz CT molecular complexity index is 1100. The van der Waals surface area contributed by atoms with Gasteiger partial charge in [0.1, 0.15) is 17.1 Å². The second-order valence-electron chi connectivity index (χ2n) is 10.6. The summed E-state index contributed by atoms with van der Waals surface area (Å²) in [5.74, 6) is 1.98. The van der Waals surface area contributed by atoms with E-state index in [1.165, 1.54) is 0 Å². The summed E-state index contributed by atoms with van der Waals surface area (Å²) in [5, 5.41) is 3.46. The van der Waals surface area contributed by atoms with Crippen molar-refractivity contribution in [2.24, 2.45) is 5.92 Å². The molecular weight excluding hydrogens is 515 g/mol. The van der Waals surface area contributed by atoms with Crippen molar-refractivity contribution < 1.29 is 23.8 Å². The Morgan fingerprint density at radius 1 is 1.08 bits per heavy atom. The van der Waals surface area contributed by atoms with Crippen LogP contribution in [0.2, 0.25) is 10.0 Å². The highest BCUT2D eigenvalue weighted by atomic mass is 35.5. The van der Waals surface area contributed by atoms with Gasteiger partial charge in [-0.2, -0.15) is 0 Å². The van der Waals surface area contributed by atoms with E-state index in [1.54, 1.807) is 30.2 Å². The first-order valence-electron chi connectivity index (χ1n) is 12.5. The highest BCUT2D eigenvalue weighted by Crippen LogP contribution is 2.40. The maximum Gasteiger partial charge on any atom is 0.410 e. The zero-order valence-corrected chi connectivity index (χ0v) is 23.8. The van der Waals surface area contributed by atoms with Crippen LogP contribution in [0.3, 0.4) is 0 Å². The number of methoxy groups -OCH3 is 1. The number of carbonyl (C=O) groups is 2. The second-order valence-corrected chi connectivity index (χ2v) is 11.4. The highest BCUT2D eigenvalue weighted by Gasteiger charge is 2.28. The Kier molecular flexibility index (Phi) is 9.59. The average molecular weight is 552 g/mol. The number of likely N-dealkylation sites (tertiary alicyclic amines) is 1. The zero-order valence-electron chi connectivity index (χ0n) is 22.3. The number of ether oxygens (including phenoxy) is 3. The third kappa shape index (κ3) is 8.17.